The Labute approximate surface area is 226 Å². The Kier molecular flexibility index (Phi) is 7.92. The van der Waals surface area contributed by atoms with E-state index in [-0.39, 0.29) is 35.0 Å². The van der Waals surface area contributed by atoms with E-state index in [1.165, 1.54) is 30.3 Å². The molecule has 206 valence electrons. The lowest BCUT2D eigenvalue weighted by molar-refractivity contribution is -0.137. The molecule has 0 saturated carbocycles. The van der Waals surface area contributed by atoms with Crippen molar-refractivity contribution in [2.75, 3.05) is 10.8 Å². The van der Waals surface area contributed by atoms with Crippen molar-refractivity contribution in [2.24, 2.45) is 5.84 Å². The van der Waals surface area contributed by atoms with Crippen LogP contribution in [0.25, 0.3) is 11.6 Å². The second-order valence-electron chi connectivity index (χ2n) is 8.72. The van der Waals surface area contributed by atoms with Crippen LogP contribution in [0.3, 0.4) is 0 Å². The van der Waals surface area contributed by atoms with Gasteiger partial charge in [0.2, 0.25) is 5.91 Å². The number of carbonyl (C=O) groups is 1. The Bertz CT molecular complexity index is 1540. The number of nitrogens with one attached hydrogen (secondary N) is 1. The SMILES string of the molecule is CC(=Cc1ccc2c(c1)N(S(=O)(=O)c1cccc(C(F)(F)F)c1)CC(CC(=O)NN)O2)c1c(F)cccc1Cl. The summed E-state index contributed by atoms with van der Waals surface area (Å²) in [5.74, 6) is 4.05. The average Bonchev–Trinajstić information content (AvgIpc) is 2.87. The van der Waals surface area contributed by atoms with E-state index in [9.17, 15) is 30.8 Å². The molecule has 1 unspecified atom stereocenters. The summed E-state index contributed by atoms with van der Waals surface area (Å²) in [6.45, 7) is 1.24. The molecular weight excluding hydrogens is 562 g/mol. The number of ether oxygens (including phenoxy) is 1. The zero-order valence-electron chi connectivity index (χ0n) is 20.3. The molecule has 3 aromatic rings. The second-order valence-corrected chi connectivity index (χ2v) is 11.0. The van der Waals surface area contributed by atoms with Crippen LogP contribution < -0.4 is 20.3 Å². The molecule has 0 saturated heterocycles. The van der Waals surface area contributed by atoms with Crippen LogP contribution in [0, 0.1) is 5.82 Å². The van der Waals surface area contributed by atoms with E-state index < -0.39 is 44.5 Å². The maximum Gasteiger partial charge on any atom is 0.416 e. The van der Waals surface area contributed by atoms with Gasteiger partial charge in [-0.25, -0.2) is 18.7 Å². The van der Waals surface area contributed by atoms with Gasteiger partial charge in [-0.05, 0) is 60.5 Å². The molecule has 39 heavy (non-hydrogen) atoms. The number of fused-ring (bicyclic) bond motifs is 1. The molecule has 1 atom stereocenters. The fourth-order valence-corrected chi connectivity index (χ4v) is 6.03. The molecule has 1 aliphatic heterocycles. The Morgan fingerprint density at radius 3 is 2.56 bits per heavy atom. The van der Waals surface area contributed by atoms with E-state index in [1.807, 2.05) is 5.43 Å². The highest BCUT2D eigenvalue weighted by Crippen LogP contribution is 2.40. The van der Waals surface area contributed by atoms with Crippen LogP contribution in [0.15, 0.2) is 65.6 Å². The van der Waals surface area contributed by atoms with Gasteiger partial charge in [0.25, 0.3) is 10.0 Å². The Morgan fingerprint density at radius 2 is 1.90 bits per heavy atom. The zero-order valence-corrected chi connectivity index (χ0v) is 21.9. The molecule has 1 amide bonds. The van der Waals surface area contributed by atoms with Crippen molar-refractivity contribution in [1.29, 1.82) is 0 Å². The van der Waals surface area contributed by atoms with E-state index in [0.29, 0.717) is 17.2 Å². The van der Waals surface area contributed by atoms with Crippen molar-refractivity contribution in [1.82, 2.24) is 5.43 Å². The highest BCUT2D eigenvalue weighted by atomic mass is 35.5. The molecule has 0 bridgehead atoms. The number of benzene rings is 3. The lowest BCUT2D eigenvalue weighted by Crippen LogP contribution is -2.46. The zero-order chi connectivity index (χ0) is 28.5. The van der Waals surface area contributed by atoms with Crippen molar-refractivity contribution in [3.8, 4) is 5.75 Å². The number of anilines is 1. The number of hydrogen-bond acceptors (Lipinski definition) is 5. The lowest BCUT2D eigenvalue weighted by atomic mass is 10.0. The summed E-state index contributed by atoms with van der Waals surface area (Å²) in [4.78, 5) is 11.3. The summed E-state index contributed by atoms with van der Waals surface area (Å²) in [7, 11) is -4.56. The minimum atomic E-state index is -4.76. The topological polar surface area (TPSA) is 102 Å². The van der Waals surface area contributed by atoms with E-state index in [4.69, 9.17) is 22.2 Å². The Balaban J connectivity index is 1.81. The third-order valence-electron chi connectivity index (χ3n) is 5.98. The van der Waals surface area contributed by atoms with E-state index >= 15 is 0 Å². The number of nitrogens with two attached hydrogens (primary N) is 1. The minimum Gasteiger partial charge on any atom is -0.486 e. The van der Waals surface area contributed by atoms with Crippen LogP contribution in [-0.2, 0) is 21.0 Å². The normalized spacial score (nSPS) is 15.9. The number of sulfonamides is 1. The largest absolute Gasteiger partial charge is 0.486 e. The molecule has 3 aromatic carbocycles. The number of nitrogens with zero attached hydrogens (tertiary/aromatic N) is 1. The first-order valence-corrected chi connectivity index (χ1v) is 13.3. The number of allylic oxidation sites excluding steroid dienone is 1. The molecule has 0 fully saturated rings. The molecule has 1 heterocycles. The molecular formula is C26H22ClF4N3O4S. The molecule has 3 N–H and O–H groups in total. The van der Waals surface area contributed by atoms with Gasteiger partial charge in [-0.1, -0.05) is 35.9 Å². The number of halogens is 5. The van der Waals surface area contributed by atoms with E-state index in [0.717, 1.165) is 22.5 Å². The van der Waals surface area contributed by atoms with Crippen molar-refractivity contribution in [3.05, 3.63) is 88.2 Å². The fraction of sp³-hybridized carbons (Fsp3) is 0.192. The first-order chi connectivity index (χ1) is 18.3. The molecule has 13 heteroatoms. The number of hydrazine groups is 1. The Hall–Kier alpha value is -3.61. The van der Waals surface area contributed by atoms with Crippen LogP contribution in [0.1, 0.15) is 30.0 Å². The van der Waals surface area contributed by atoms with Gasteiger partial charge in [0.15, 0.2) is 0 Å². The van der Waals surface area contributed by atoms with Gasteiger partial charge < -0.3 is 4.74 Å². The van der Waals surface area contributed by atoms with Crippen LogP contribution in [0.2, 0.25) is 5.02 Å². The smallest absolute Gasteiger partial charge is 0.416 e. The first-order valence-electron chi connectivity index (χ1n) is 11.4. The molecule has 0 spiro atoms. The summed E-state index contributed by atoms with van der Waals surface area (Å²) < 4.78 is 88.4. The molecule has 0 aromatic heterocycles. The quantitative estimate of drug-likeness (QED) is 0.133. The van der Waals surface area contributed by atoms with Gasteiger partial charge >= 0.3 is 6.18 Å². The third kappa shape index (κ3) is 6.02. The molecule has 4 rings (SSSR count). The van der Waals surface area contributed by atoms with E-state index in [1.54, 1.807) is 19.1 Å². The standard InChI is InChI=1S/C26H22ClF4N3O4S/c1-15(25-20(27)6-3-7-21(25)28)10-16-8-9-23-22(11-16)34(14-18(38-23)13-24(35)33-32)39(36,37)19-5-2-4-17(12-19)26(29,30)31/h2-12,18H,13-14,32H2,1H3,(H,33,35). The van der Waals surface area contributed by atoms with Gasteiger partial charge in [-0.15, -0.1) is 0 Å². The van der Waals surface area contributed by atoms with Gasteiger partial charge in [0.1, 0.15) is 17.7 Å². The maximum atomic E-state index is 14.4. The second kappa shape index (κ2) is 10.9. The molecule has 1 aliphatic rings. The number of rotatable bonds is 6. The van der Waals surface area contributed by atoms with Crippen molar-refractivity contribution in [3.63, 3.8) is 0 Å². The van der Waals surface area contributed by atoms with Gasteiger partial charge in [-0.2, -0.15) is 13.2 Å². The molecule has 0 aliphatic carbocycles. The maximum absolute atomic E-state index is 14.4. The summed E-state index contributed by atoms with van der Waals surface area (Å²) in [5, 5.41) is 0.180. The summed E-state index contributed by atoms with van der Waals surface area (Å²) in [5.41, 5.74) is 1.88. The fourth-order valence-electron chi connectivity index (χ4n) is 4.18. The first kappa shape index (κ1) is 28.4. The number of hydrogen-bond donors (Lipinski definition) is 2. The summed E-state index contributed by atoms with van der Waals surface area (Å²) in [6.07, 6.45) is -4.48. The number of amides is 1. The van der Waals surface area contributed by atoms with Crippen LogP contribution in [0.4, 0.5) is 23.2 Å². The molecule has 7 nitrogen and oxygen atoms in total. The highest BCUT2D eigenvalue weighted by molar-refractivity contribution is 7.92. The van der Waals surface area contributed by atoms with Crippen molar-refractivity contribution >= 4 is 44.9 Å². The summed E-state index contributed by atoms with van der Waals surface area (Å²) >= 11 is 6.16. The third-order valence-corrected chi connectivity index (χ3v) is 8.07. The Morgan fingerprint density at radius 1 is 1.18 bits per heavy atom. The van der Waals surface area contributed by atoms with Crippen LogP contribution >= 0.6 is 11.6 Å². The predicted octanol–water partition coefficient (Wildman–Crippen LogP) is 5.39. The number of alkyl halides is 3. The predicted molar refractivity (Wildman–Crippen MR) is 139 cm³/mol. The monoisotopic (exact) mass is 583 g/mol. The van der Waals surface area contributed by atoms with Crippen molar-refractivity contribution < 1.29 is 35.5 Å². The van der Waals surface area contributed by atoms with E-state index in [2.05, 4.69) is 0 Å². The number of carbonyl (C=O) groups excluding carboxylic acids is 1. The highest BCUT2D eigenvalue weighted by Gasteiger charge is 2.37. The summed E-state index contributed by atoms with van der Waals surface area (Å²) in [6, 6.07) is 12.1. The lowest BCUT2D eigenvalue weighted by Gasteiger charge is -2.35. The van der Waals surface area contributed by atoms with Gasteiger partial charge in [0.05, 0.1) is 34.1 Å². The van der Waals surface area contributed by atoms with Gasteiger partial charge in [-0.3, -0.25) is 14.5 Å². The molecule has 0 radical (unpaired) electrons. The van der Waals surface area contributed by atoms with Gasteiger partial charge in [0, 0.05) is 5.56 Å². The average molecular weight is 584 g/mol. The minimum absolute atomic E-state index is 0.0259. The van der Waals surface area contributed by atoms with Crippen LogP contribution in [0.5, 0.6) is 5.75 Å². The van der Waals surface area contributed by atoms with Crippen molar-refractivity contribution in [2.45, 2.75) is 30.5 Å². The van der Waals surface area contributed by atoms with Crippen LogP contribution in [-0.4, -0.2) is 27.0 Å².